The molecule has 1 aliphatic rings. The summed E-state index contributed by atoms with van der Waals surface area (Å²) in [5.74, 6) is -0.140. The lowest BCUT2D eigenvalue weighted by atomic mass is 9.96. The predicted octanol–water partition coefficient (Wildman–Crippen LogP) is 4.87. The summed E-state index contributed by atoms with van der Waals surface area (Å²) in [4.78, 5) is 12.7. The van der Waals surface area contributed by atoms with E-state index in [-0.39, 0.29) is 24.1 Å². The molecule has 1 aromatic carbocycles. The van der Waals surface area contributed by atoms with Crippen LogP contribution in [0.15, 0.2) is 18.2 Å². The molecule has 1 heterocycles. The Morgan fingerprint density at radius 2 is 1.97 bits per heavy atom. The van der Waals surface area contributed by atoms with E-state index in [1.54, 1.807) is 18.2 Å². The topological polar surface area (TPSA) is 66.5 Å². The van der Waals surface area contributed by atoms with Gasteiger partial charge in [0.05, 0.1) is 11.7 Å². The van der Waals surface area contributed by atoms with E-state index < -0.39 is 10.0 Å². The van der Waals surface area contributed by atoms with Crippen molar-refractivity contribution in [2.75, 3.05) is 19.6 Å². The van der Waals surface area contributed by atoms with Crippen LogP contribution < -0.4 is 5.32 Å². The Hall–Kier alpha value is -0.820. The summed E-state index contributed by atoms with van der Waals surface area (Å²) in [6.07, 6.45) is 5.82. The molecule has 0 aromatic heterocycles. The molecule has 1 saturated heterocycles. The minimum absolute atomic E-state index is 0.0457. The van der Waals surface area contributed by atoms with Crippen LogP contribution in [0.5, 0.6) is 0 Å². The Balaban J connectivity index is 1.97. The normalized spacial score (nSPS) is 19.1. The number of nitrogens with zero attached hydrogens (tertiary/aromatic N) is 1. The van der Waals surface area contributed by atoms with Crippen LogP contribution in [0.2, 0.25) is 10.0 Å². The summed E-state index contributed by atoms with van der Waals surface area (Å²) in [5, 5.41) is 3.73. The maximum absolute atomic E-state index is 12.9. The van der Waals surface area contributed by atoms with Gasteiger partial charge >= 0.3 is 0 Å². The molecule has 5 nitrogen and oxygen atoms in total. The standard InChI is InChI=1S/C21H32Cl2N2O3S/c1-3-5-8-16(4-2)13-24-21(26)17-9-7-12-25(14-17)29(27,28)15-18-19(22)10-6-11-20(18)23/h6,10-11,16-17H,3-5,7-9,12-15H2,1-2H3,(H,24,26)/t16-,17-/m0/s1. The smallest absolute Gasteiger partial charge is 0.224 e. The number of carbonyl (C=O) groups excluding carboxylic acids is 1. The molecule has 1 aromatic rings. The first-order valence-electron chi connectivity index (χ1n) is 10.5. The van der Waals surface area contributed by atoms with Gasteiger partial charge in [-0.3, -0.25) is 4.79 Å². The van der Waals surface area contributed by atoms with Crippen molar-refractivity contribution in [1.82, 2.24) is 9.62 Å². The maximum Gasteiger partial charge on any atom is 0.224 e. The lowest BCUT2D eigenvalue weighted by Crippen LogP contribution is -2.46. The number of rotatable bonds is 10. The second-order valence-corrected chi connectivity index (χ2v) is 10.6. The largest absolute Gasteiger partial charge is 0.356 e. The highest BCUT2D eigenvalue weighted by molar-refractivity contribution is 7.88. The molecule has 1 N–H and O–H groups in total. The summed E-state index contributed by atoms with van der Waals surface area (Å²) in [6.45, 7) is 5.59. The van der Waals surface area contributed by atoms with Gasteiger partial charge < -0.3 is 5.32 Å². The highest BCUT2D eigenvalue weighted by atomic mass is 35.5. The Morgan fingerprint density at radius 3 is 2.59 bits per heavy atom. The fourth-order valence-corrected chi connectivity index (χ4v) is 6.05. The molecule has 2 rings (SSSR count). The van der Waals surface area contributed by atoms with Crippen LogP contribution in [0.25, 0.3) is 0 Å². The lowest BCUT2D eigenvalue weighted by molar-refractivity contribution is -0.126. The van der Waals surface area contributed by atoms with Crippen molar-refractivity contribution in [1.29, 1.82) is 0 Å². The molecule has 0 bridgehead atoms. The van der Waals surface area contributed by atoms with Crippen LogP contribution in [0.4, 0.5) is 0 Å². The van der Waals surface area contributed by atoms with Gasteiger partial charge in [0.25, 0.3) is 0 Å². The van der Waals surface area contributed by atoms with E-state index in [4.69, 9.17) is 23.2 Å². The molecule has 0 radical (unpaired) electrons. The van der Waals surface area contributed by atoms with Crippen LogP contribution in [-0.2, 0) is 20.6 Å². The van der Waals surface area contributed by atoms with Gasteiger partial charge in [0.1, 0.15) is 0 Å². The van der Waals surface area contributed by atoms with Crippen LogP contribution in [0, 0.1) is 11.8 Å². The number of benzene rings is 1. The average Bonchev–Trinajstić information content (AvgIpc) is 2.71. The summed E-state index contributed by atoms with van der Waals surface area (Å²) in [7, 11) is -3.61. The van der Waals surface area contributed by atoms with Gasteiger partial charge in [-0.15, -0.1) is 0 Å². The Labute approximate surface area is 185 Å². The first kappa shape index (κ1) is 24.4. The van der Waals surface area contributed by atoms with E-state index in [2.05, 4.69) is 19.2 Å². The molecular weight excluding hydrogens is 431 g/mol. The number of sulfonamides is 1. The number of nitrogens with one attached hydrogen (secondary N) is 1. The molecule has 8 heteroatoms. The molecule has 0 unspecified atom stereocenters. The molecular formula is C21H32Cl2N2O3S. The zero-order valence-electron chi connectivity index (χ0n) is 17.3. The van der Waals surface area contributed by atoms with Gasteiger partial charge in [-0.05, 0) is 37.3 Å². The van der Waals surface area contributed by atoms with Crippen molar-refractivity contribution in [3.63, 3.8) is 0 Å². The molecule has 0 spiro atoms. The maximum atomic E-state index is 12.9. The zero-order valence-corrected chi connectivity index (χ0v) is 19.6. The van der Waals surface area contributed by atoms with E-state index in [0.717, 1.165) is 25.7 Å². The van der Waals surface area contributed by atoms with Gasteiger partial charge in [-0.25, -0.2) is 12.7 Å². The zero-order chi connectivity index (χ0) is 21.4. The SMILES string of the molecule is CCCC[C@H](CC)CNC(=O)[C@H]1CCCN(S(=O)(=O)Cc2c(Cl)cccc2Cl)C1. The van der Waals surface area contributed by atoms with Crippen LogP contribution >= 0.6 is 23.2 Å². The summed E-state index contributed by atoms with van der Waals surface area (Å²) < 4.78 is 27.3. The molecule has 1 fully saturated rings. The van der Waals surface area contributed by atoms with E-state index in [9.17, 15) is 13.2 Å². The Bertz CT molecular complexity index is 766. The first-order valence-corrected chi connectivity index (χ1v) is 12.8. The van der Waals surface area contributed by atoms with Gasteiger partial charge in [0.2, 0.25) is 15.9 Å². The van der Waals surface area contributed by atoms with Crippen molar-refractivity contribution < 1.29 is 13.2 Å². The van der Waals surface area contributed by atoms with E-state index >= 15 is 0 Å². The van der Waals surface area contributed by atoms with E-state index in [1.807, 2.05) is 0 Å². The van der Waals surface area contributed by atoms with Crippen LogP contribution in [0.1, 0.15) is 57.9 Å². The van der Waals surface area contributed by atoms with E-state index in [1.165, 1.54) is 4.31 Å². The third-order valence-electron chi connectivity index (χ3n) is 5.64. The fraction of sp³-hybridized carbons (Fsp3) is 0.667. The number of hydrogen-bond donors (Lipinski definition) is 1. The quantitative estimate of drug-likeness (QED) is 0.539. The van der Waals surface area contributed by atoms with Crippen LogP contribution in [-0.4, -0.2) is 38.3 Å². The van der Waals surface area contributed by atoms with Crippen molar-refractivity contribution >= 4 is 39.1 Å². The number of halogens is 2. The molecule has 2 atom stereocenters. The molecule has 1 aliphatic heterocycles. The van der Waals surface area contributed by atoms with Crippen molar-refractivity contribution in [3.05, 3.63) is 33.8 Å². The highest BCUT2D eigenvalue weighted by Crippen LogP contribution is 2.29. The summed E-state index contributed by atoms with van der Waals surface area (Å²) in [5.41, 5.74) is 0.407. The van der Waals surface area contributed by atoms with Crippen molar-refractivity contribution in [3.8, 4) is 0 Å². The number of piperidine rings is 1. The minimum atomic E-state index is -3.61. The monoisotopic (exact) mass is 462 g/mol. The highest BCUT2D eigenvalue weighted by Gasteiger charge is 2.33. The third kappa shape index (κ3) is 7.12. The van der Waals surface area contributed by atoms with Crippen LogP contribution in [0.3, 0.4) is 0 Å². The van der Waals surface area contributed by atoms with E-state index in [0.29, 0.717) is 47.5 Å². The Kier molecular flexibility index (Phi) is 9.73. The van der Waals surface area contributed by atoms with Gasteiger partial charge in [-0.2, -0.15) is 0 Å². The molecule has 1 amide bonds. The summed E-state index contributed by atoms with van der Waals surface area (Å²) in [6, 6.07) is 4.95. The summed E-state index contributed by atoms with van der Waals surface area (Å²) >= 11 is 12.3. The molecule has 164 valence electrons. The van der Waals surface area contributed by atoms with Crippen molar-refractivity contribution in [2.45, 2.75) is 58.1 Å². The predicted molar refractivity (Wildman–Crippen MR) is 120 cm³/mol. The Morgan fingerprint density at radius 1 is 1.28 bits per heavy atom. The average molecular weight is 463 g/mol. The lowest BCUT2D eigenvalue weighted by Gasteiger charge is -2.31. The van der Waals surface area contributed by atoms with Gasteiger partial charge in [0.15, 0.2) is 0 Å². The third-order valence-corrected chi connectivity index (χ3v) is 8.13. The number of carbonyl (C=O) groups is 1. The second-order valence-electron chi connectivity index (χ2n) is 7.82. The molecule has 29 heavy (non-hydrogen) atoms. The number of amides is 1. The van der Waals surface area contributed by atoms with Gasteiger partial charge in [-0.1, -0.05) is 62.4 Å². The molecule has 0 saturated carbocycles. The fourth-order valence-electron chi connectivity index (χ4n) is 3.69. The number of unbranched alkanes of at least 4 members (excludes halogenated alkanes) is 1. The second kappa shape index (κ2) is 11.5. The van der Waals surface area contributed by atoms with Crippen molar-refractivity contribution in [2.24, 2.45) is 11.8 Å². The first-order chi connectivity index (χ1) is 13.8. The molecule has 0 aliphatic carbocycles. The van der Waals surface area contributed by atoms with Gasteiger partial charge in [0, 0.05) is 35.2 Å². The minimum Gasteiger partial charge on any atom is -0.356 e. The number of hydrogen-bond acceptors (Lipinski definition) is 3.